The lowest BCUT2D eigenvalue weighted by Gasteiger charge is -2.25. The predicted molar refractivity (Wildman–Crippen MR) is 111 cm³/mol. The van der Waals surface area contributed by atoms with E-state index in [4.69, 9.17) is 0 Å². The van der Waals surface area contributed by atoms with Crippen molar-refractivity contribution < 1.29 is 13.2 Å². The van der Waals surface area contributed by atoms with E-state index in [1.165, 1.54) is 6.08 Å². The van der Waals surface area contributed by atoms with Gasteiger partial charge in [0.2, 0.25) is 5.91 Å². The zero-order chi connectivity index (χ0) is 20.3. The summed E-state index contributed by atoms with van der Waals surface area (Å²) >= 11 is 0. The molecular weight excluding hydrogens is 388 g/mol. The van der Waals surface area contributed by atoms with Gasteiger partial charge in [0.15, 0.2) is 9.84 Å². The number of hydrogen-bond acceptors (Lipinski definition) is 5. The largest absolute Gasteiger partial charge is 0.337 e. The van der Waals surface area contributed by atoms with Crippen molar-refractivity contribution in [1.29, 1.82) is 0 Å². The fourth-order valence-corrected chi connectivity index (χ4v) is 4.35. The van der Waals surface area contributed by atoms with Crippen LogP contribution in [0.25, 0.3) is 23.0 Å². The highest BCUT2D eigenvalue weighted by atomic mass is 32.2. The molecule has 1 saturated heterocycles. The molecule has 3 aromatic rings. The topological polar surface area (TPSA) is 85.2 Å². The summed E-state index contributed by atoms with van der Waals surface area (Å²) in [7, 11) is -3.02. The Bertz CT molecular complexity index is 1130. The number of para-hydroxylation sites is 1. The van der Waals surface area contributed by atoms with Crippen molar-refractivity contribution in [3.05, 3.63) is 72.7 Å². The highest BCUT2D eigenvalue weighted by Gasteiger charge is 2.23. The number of rotatable bonds is 4. The Labute approximate surface area is 169 Å². The molecule has 1 fully saturated rings. The lowest BCUT2D eigenvalue weighted by molar-refractivity contribution is -0.125. The Kier molecular flexibility index (Phi) is 5.26. The molecule has 2 aromatic heterocycles. The van der Waals surface area contributed by atoms with Crippen molar-refractivity contribution in [1.82, 2.24) is 19.7 Å². The number of hydrogen-bond donors (Lipinski definition) is 0. The summed E-state index contributed by atoms with van der Waals surface area (Å²) in [6.07, 6.45) is 8.49. The molecule has 1 aliphatic heterocycles. The van der Waals surface area contributed by atoms with Gasteiger partial charge in [-0.15, -0.1) is 0 Å². The van der Waals surface area contributed by atoms with E-state index in [2.05, 4.69) is 10.1 Å². The van der Waals surface area contributed by atoms with Crippen LogP contribution in [0.5, 0.6) is 0 Å². The normalized spacial score (nSPS) is 16.2. The van der Waals surface area contributed by atoms with Crippen molar-refractivity contribution in [2.24, 2.45) is 0 Å². The minimum absolute atomic E-state index is 0.0133. The molecule has 7 nitrogen and oxygen atoms in total. The standard InChI is InChI=1S/C21H20N4O3S/c26-20(24-11-13-29(27,28)14-12-24)9-8-18-16-25(19-6-2-1-3-7-19)23-21(18)17-5-4-10-22-15-17/h1-10,15-16H,11-14H2/b9-8+. The number of aromatic nitrogens is 3. The van der Waals surface area contributed by atoms with E-state index in [0.29, 0.717) is 5.69 Å². The Balaban J connectivity index is 1.63. The Morgan fingerprint density at radius 3 is 2.48 bits per heavy atom. The fourth-order valence-electron chi connectivity index (χ4n) is 3.15. The van der Waals surface area contributed by atoms with Gasteiger partial charge < -0.3 is 4.90 Å². The quantitative estimate of drug-likeness (QED) is 0.618. The van der Waals surface area contributed by atoms with Gasteiger partial charge in [-0.25, -0.2) is 13.1 Å². The number of carbonyl (C=O) groups excluding carboxylic acids is 1. The molecule has 0 spiro atoms. The summed E-state index contributed by atoms with van der Waals surface area (Å²) in [4.78, 5) is 18.2. The smallest absolute Gasteiger partial charge is 0.246 e. The zero-order valence-corrected chi connectivity index (χ0v) is 16.5. The maximum Gasteiger partial charge on any atom is 0.246 e. The van der Waals surface area contributed by atoms with E-state index in [9.17, 15) is 13.2 Å². The van der Waals surface area contributed by atoms with Crippen LogP contribution in [0.15, 0.2) is 67.1 Å². The van der Waals surface area contributed by atoms with Gasteiger partial charge in [-0.3, -0.25) is 9.78 Å². The molecule has 0 aliphatic carbocycles. The molecule has 1 aliphatic rings. The van der Waals surface area contributed by atoms with E-state index < -0.39 is 9.84 Å². The number of pyridine rings is 1. The van der Waals surface area contributed by atoms with Crippen molar-refractivity contribution in [3.63, 3.8) is 0 Å². The first kappa shape index (κ1) is 19.1. The first-order valence-corrected chi connectivity index (χ1v) is 11.1. The van der Waals surface area contributed by atoms with Crippen LogP contribution in [0.1, 0.15) is 5.56 Å². The molecule has 4 rings (SSSR count). The summed E-state index contributed by atoms with van der Waals surface area (Å²) in [5.41, 5.74) is 3.25. The number of amides is 1. The van der Waals surface area contributed by atoms with E-state index in [1.54, 1.807) is 28.1 Å². The van der Waals surface area contributed by atoms with Crippen molar-refractivity contribution >= 4 is 21.8 Å². The molecule has 0 N–H and O–H groups in total. The summed E-state index contributed by atoms with van der Waals surface area (Å²) in [6, 6.07) is 13.5. The van der Waals surface area contributed by atoms with Crippen LogP contribution in [0.2, 0.25) is 0 Å². The number of carbonyl (C=O) groups is 1. The van der Waals surface area contributed by atoms with Crippen LogP contribution in [0.3, 0.4) is 0 Å². The minimum atomic E-state index is -3.02. The van der Waals surface area contributed by atoms with E-state index in [0.717, 1.165) is 16.8 Å². The van der Waals surface area contributed by atoms with Gasteiger partial charge in [0.25, 0.3) is 0 Å². The molecule has 0 atom stereocenters. The summed E-state index contributed by atoms with van der Waals surface area (Å²) < 4.78 is 24.9. The number of benzene rings is 1. The molecule has 0 bridgehead atoms. The summed E-state index contributed by atoms with van der Waals surface area (Å²) in [6.45, 7) is 0.453. The second-order valence-corrected chi connectivity index (χ2v) is 9.07. The highest BCUT2D eigenvalue weighted by molar-refractivity contribution is 7.91. The van der Waals surface area contributed by atoms with Gasteiger partial charge >= 0.3 is 0 Å². The number of sulfone groups is 1. The fraction of sp³-hybridized carbons (Fsp3) is 0.190. The van der Waals surface area contributed by atoms with Crippen LogP contribution in [0.4, 0.5) is 0 Å². The van der Waals surface area contributed by atoms with Crippen molar-refractivity contribution in [2.45, 2.75) is 0 Å². The average Bonchev–Trinajstić information content (AvgIpc) is 3.17. The Morgan fingerprint density at radius 1 is 1.03 bits per heavy atom. The van der Waals surface area contributed by atoms with Crippen molar-refractivity contribution in [3.8, 4) is 16.9 Å². The Hall–Kier alpha value is -3.26. The Morgan fingerprint density at radius 2 is 1.79 bits per heavy atom. The van der Waals surface area contributed by atoms with Crippen LogP contribution in [0, 0.1) is 0 Å². The average molecular weight is 408 g/mol. The predicted octanol–water partition coefficient (Wildman–Crippen LogP) is 2.20. The summed E-state index contributed by atoms with van der Waals surface area (Å²) in [5.74, 6) is -0.177. The van der Waals surface area contributed by atoms with E-state index in [1.807, 2.05) is 48.7 Å². The van der Waals surface area contributed by atoms with Gasteiger partial charge in [-0.05, 0) is 30.3 Å². The molecular formula is C21H20N4O3S. The zero-order valence-electron chi connectivity index (χ0n) is 15.7. The van der Waals surface area contributed by atoms with Crippen LogP contribution >= 0.6 is 0 Å². The molecule has 148 valence electrons. The van der Waals surface area contributed by atoms with Gasteiger partial charge in [-0.2, -0.15) is 5.10 Å². The molecule has 0 saturated carbocycles. The lowest BCUT2D eigenvalue weighted by atomic mass is 10.1. The summed E-state index contributed by atoms with van der Waals surface area (Å²) in [5, 5.41) is 4.68. The first-order valence-electron chi connectivity index (χ1n) is 9.25. The van der Waals surface area contributed by atoms with E-state index in [-0.39, 0.29) is 30.5 Å². The molecule has 29 heavy (non-hydrogen) atoms. The van der Waals surface area contributed by atoms with Gasteiger partial charge in [-0.1, -0.05) is 18.2 Å². The molecule has 0 radical (unpaired) electrons. The maximum absolute atomic E-state index is 12.5. The molecule has 1 amide bonds. The van der Waals surface area contributed by atoms with E-state index >= 15 is 0 Å². The first-order chi connectivity index (χ1) is 14.0. The lowest BCUT2D eigenvalue weighted by Crippen LogP contribution is -2.43. The van der Waals surface area contributed by atoms with Gasteiger partial charge in [0.1, 0.15) is 5.69 Å². The molecule has 1 aromatic carbocycles. The maximum atomic E-state index is 12.5. The molecule has 8 heteroatoms. The third-order valence-corrected chi connectivity index (χ3v) is 6.37. The van der Waals surface area contributed by atoms with Gasteiger partial charge in [0, 0.05) is 48.9 Å². The highest BCUT2D eigenvalue weighted by Crippen LogP contribution is 2.24. The second kappa shape index (κ2) is 8.00. The molecule has 3 heterocycles. The second-order valence-electron chi connectivity index (χ2n) is 6.77. The number of nitrogens with zero attached hydrogens (tertiary/aromatic N) is 4. The third-order valence-electron chi connectivity index (χ3n) is 4.76. The van der Waals surface area contributed by atoms with Crippen molar-refractivity contribution in [2.75, 3.05) is 24.6 Å². The SMILES string of the molecule is O=C(/C=C/c1cn(-c2ccccc2)nc1-c1cccnc1)N1CCS(=O)(=O)CC1. The van der Waals surface area contributed by atoms with Crippen LogP contribution in [-0.4, -0.2) is 58.6 Å². The monoisotopic (exact) mass is 408 g/mol. The van der Waals surface area contributed by atoms with Gasteiger partial charge in [0.05, 0.1) is 17.2 Å². The third kappa shape index (κ3) is 4.43. The van der Waals surface area contributed by atoms with Crippen LogP contribution in [-0.2, 0) is 14.6 Å². The molecule has 0 unspecified atom stereocenters. The minimum Gasteiger partial charge on any atom is -0.337 e. The van der Waals surface area contributed by atoms with Crippen LogP contribution < -0.4 is 0 Å².